The number of benzene rings is 2. The number of aryl methyl sites for hydroxylation is 2. The van der Waals surface area contributed by atoms with E-state index in [1.807, 2.05) is 13.0 Å². The third-order valence-electron chi connectivity index (χ3n) is 7.53. The van der Waals surface area contributed by atoms with Gasteiger partial charge in [-0.1, -0.05) is 24.3 Å². The summed E-state index contributed by atoms with van der Waals surface area (Å²) >= 11 is 2.49. The number of nitrogens with zero attached hydrogens (tertiary/aromatic N) is 1. The van der Waals surface area contributed by atoms with Gasteiger partial charge in [0.2, 0.25) is 0 Å². The fourth-order valence-corrected chi connectivity index (χ4v) is 7.82. The Morgan fingerprint density at radius 2 is 1.81 bits per heavy atom. The molecule has 3 aromatic rings. The lowest BCUT2D eigenvalue weighted by Gasteiger charge is -2.31. The number of carboxylic acids is 1. The summed E-state index contributed by atoms with van der Waals surface area (Å²) in [6, 6.07) is 14.4. The number of aliphatic carboxylic acids is 1. The lowest BCUT2D eigenvalue weighted by molar-refractivity contribution is -0.138. The van der Waals surface area contributed by atoms with Gasteiger partial charge in [0, 0.05) is 33.3 Å². The van der Waals surface area contributed by atoms with Crippen LogP contribution in [0, 0.1) is 12.8 Å². The van der Waals surface area contributed by atoms with E-state index in [2.05, 4.69) is 43.4 Å². The molecule has 1 atom stereocenters. The first-order chi connectivity index (χ1) is 19.7. The van der Waals surface area contributed by atoms with E-state index < -0.39 is 23.8 Å². The standard InChI is InChI=1S/C32H39F3N2O3S2/c1-20-11-27(9-10-29(39)40)41-30(20)24-14-25(32(33,34)35)16-28(15-24)42-37(4)19-26(38)18-36-31(2,3)17-21-12-22-7-5-6-8-23(22)13-21/h5-8,11,14-16,21,26,36,38H,9-10,12-13,17-19H2,1-4H3,(H,39,40)/t26-/m1/s1. The normalized spacial score (nSPS) is 14.9. The van der Waals surface area contributed by atoms with Crippen LogP contribution in [0.3, 0.4) is 0 Å². The molecular formula is C32H39F3N2O3S2. The second kappa shape index (κ2) is 13.5. The van der Waals surface area contributed by atoms with E-state index in [0.717, 1.165) is 53.8 Å². The number of hydrogen-bond donors (Lipinski definition) is 3. The molecule has 42 heavy (non-hydrogen) atoms. The molecule has 4 rings (SSSR count). The zero-order chi connectivity index (χ0) is 30.7. The van der Waals surface area contributed by atoms with Gasteiger partial charge in [0.1, 0.15) is 0 Å². The molecule has 0 unspecified atom stereocenters. The van der Waals surface area contributed by atoms with Crippen molar-refractivity contribution in [2.24, 2.45) is 5.92 Å². The SMILES string of the molecule is Cc1cc(CCC(=O)O)sc1-c1cc(SN(C)C[C@H](O)CNC(C)(C)CC2Cc3ccccc3C2)cc(C(F)(F)F)c1. The monoisotopic (exact) mass is 620 g/mol. The molecule has 0 saturated heterocycles. The Labute approximate surface area is 254 Å². The average molecular weight is 621 g/mol. The molecule has 1 aliphatic rings. The Morgan fingerprint density at radius 1 is 1.14 bits per heavy atom. The van der Waals surface area contributed by atoms with Gasteiger partial charge >= 0.3 is 12.1 Å². The molecule has 1 heterocycles. The maximum atomic E-state index is 13.8. The fourth-order valence-electron chi connectivity index (χ4n) is 5.70. The zero-order valence-corrected chi connectivity index (χ0v) is 26.1. The molecule has 0 fully saturated rings. The van der Waals surface area contributed by atoms with E-state index in [1.54, 1.807) is 17.4 Å². The number of alkyl halides is 3. The van der Waals surface area contributed by atoms with E-state index in [-0.39, 0.29) is 18.5 Å². The van der Waals surface area contributed by atoms with Crippen molar-refractivity contribution >= 4 is 29.3 Å². The number of hydrogen-bond acceptors (Lipinski definition) is 6. The molecule has 0 bridgehead atoms. The summed E-state index contributed by atoms with van der Waals surface area (Å²) < 4.78 is 43.2. The summed E-state index contributed by atoms with van der Waals surface area (Å²) in [7, 11) is 1.76. The van der Waals surface area contributed by atoms with E-state index in [4.69, 9.17) is 5.11 Å². The third-order valence-corrected chi connectivity index (χ3v) is 9.78. The minimum atomic E-state index is -4.52. The van der Waals surface area contributed by atoms with Crippen molar-refractivity contribution in [2.45, 2.75) is 75.6 Å². The number of rotatable bonds is 13. The van der Waals surface area contributed by atoms with E-state index in [1.165, 1.54) is 22.5 Å². The van der Waals surface area contributed by atoms with Gasteiger partial charge in [-0.2, -0.15) is 13.2 Å². The predicted molar refractivity (Wildman–Crippen MR) is 164 cm³/mol. The van der Waals surface area contributed by atoms with Gasteiger partial charge in [-0.3, -0.25) is 4.79 Å². The van der Waals surface area contributed by atoms with Gasteiger partial charge < -0.3 is 15.5 Å². The molecule has 0 amide bonds. The zero-order valence-electron chi connectivity index (χ0n) is 24.4. The van der Waals surface area contributed by atoms with E-state index >= 15 is 0 Å². The van der Waals surface area contributed by atoms with E-state index in [0.29, 0.717) is 34.2 Å². The Hall–Kier alpha value is -2.37. The Balaban J connectivity index is 1.36. The number of carbonyl (C=O) groups is 1. The first-order valence-corrected chi connectivity index (χ1v) is 15.7. The van der Waals surface area contributed by atoms with Crippen molar-refractivity contribution in [3.8, 4) is 10.4 Å². The largest absolute Gasteiger partial charge is 0.481 e. The molecule has 0 radical (unpaired) electrons. The number of fused-ring (bicyclic) bond motifs is 1. The third kappa shape index (κ3) is 9.07. The van der Waals surface area contributed by atoms with Crippen LogP contribution in [0.2, 0.25) is 0 Å². The van der Waals surface area contributed by atoms with Crippen LogP contribution in [0.15, 0.2) is 53.4 Å². The summed E-state index contributed by atoms with van der Waals surface area (Å²) in [6.45, 7) is 6.76. The van der Waals surface area contributed by atoms with Gasteiger partial charge in [0.15, 0.2) is 0 Å². The highest BCUT2D eigenvalue weighted by molar-refractivity contribution is 7.97. The molecule has 0 aliphatic heterocycles. The number of nitrogens with one attached hydrogen (secondary N) is 1. The summed E-state index contributed by atoms with van der Waals surface area (Å²) in [4.78, 5) is 12.9. The van der Waals surface area contributed by atoms with Crippen molar-refractivity contribution in [2.75, 3.05) is 20.1 Å². The average Bonchev–Trinajstić information content (AvgIpc) is 3.47. The second-order valence-electron chi connectivity index (χ2n) is 11.9. The molecule has 228 valence electrons. The van der Waals surface area contributed by atoms with Crippen molar-refractivity contribution in [1.82, 2.24) is 9.62 Å². The van der Waals surface area contributed by atoms with Crippen molar-refractivity contribution in [3.63, 3.8) is 0 Å². The fraction of sp³-hybridized carbons (Fsp3) is 0.469. The van der Waals surface area contributed by atoms with Crippen LogP contribution < -0.4 is 5.32 Å². The summed E-state index contributed by atoms with van der Waals surface area (Å²) in [5, 5.41) is 23.3. The van der Waals surface area contributed by atoms with Gasteiger partial charge in [0.25, 0.3) is 0 Å². The van der Waals surface area contributed by atoms with Crippen LogP contribution in [-0.4, -0.2) is 52.3 Å². The minimum Gasteiger partial charge on any atom is -0.481 e. The van der Waals surface area contributed by atoms with Crippen LogP contribution in [0.4, 0.5) is 13.2 Å². The molecule has 1 aromatic heterocycles. The highest BCUT2D eigenvalue weighted by Gasteiger charge is 2.32. The summed E-state index contributed by atoms with van der Waals surface area (Å²) in [6.07, 6.45) is -1.81. The predicted octanol–water partition coefficient (Wildman–Crippen LogP) is 7.23. The first-order valence-electron chi connectivity index (χ1n) is 14.1. The van der Waals surface area contributed by atoms with Crippen LogP contribution in [0.1, 0.15) is 53.8 Å². The second-order valence-corrected chi connectivity index (χ2v) is 14.3. The molecule has 0 spiro atoms. The molecule has 10 heteroatoms. The maximum Gasteiger partial charge on any atom is 0.416 e. The number of β-amino-alcohol motifs (C(OH)–C–C–N with tert-alkyl or cyclic N) is 1. The van der Waals surface area contributed by atoms with Gasteiger partial charge in [0.05, 0.1) is 18.1 Å². The molecule has 5 nitrogen and oxygen atoms in total. The van der Waals surface area contributed by atoms with Gasteiger partial charge in [-0.15, -0.1) is 11.3 Å². The number of aliphatic hydroxyl groups excluding tert-OH is 1. The molecular weight excluding hydrogens is 581 g/mol. The molecule has 1 aliphatic carbocycles. The molecule has 3 N–H and O–H groups in total. The number of halogens is 3. The van der Waals surface area contributed by atoms with Crippen molar-refractivity contribution in [3.05, 3.63) is 75.7 Å². The van der Waals surface area contributed by atoms with Crippen molar-refractivity contribution in [1.29, 1.82) is 0 Å². The Kier molecular flexibility index (Phi) is 10.5. The Bertz CT molecular complexity index is 1360. The van der Waals surface area contributed by atoms with Gasteiger partial charge in [-0.25, -0.2) is 4.31 Å². The lowest BCUT2D eigenvalue weighted by Crippen LogP contribution is -2.46. The lowest BCUT2D eigenvalue weighted by atomic mass is 9.88. The molecule has 0 saturated carbocycles. The van der Waals surface area contributed by atoms with Crippen LogP contribution in [-0.2, 0) is 30.2 Å². The van der Waals surface area contributed by atoms with Crippen LogP contribution >= 0.6 is 23.3 Å². The quantitative estimate of drug-likeness (QED) is 0.175. The number of carboxylic acid groups (broad SMARTS) is 1. The minimum absolute atomic E-state index is 0.0307. The smallest absolute Gasteiger partial charge is 0.416 e. The number of thiophene rings is 1. The van der Waals surface area contributed by atoms with Crippen molar-refractivity contribution < 1.29 is 28.2 Å². The maximum absolute atomic E-state index is 13.8. The highest BCUT2D eigenvalue weighted by atomic mass is 32.2. The summed E-state index contributed by atoms with van der Waals surface area (Å²) in [5.74, 6) is -0.361. The number of aliphatic hydroxyl groups is 1. The van der Waals surface area contributed by atoms with Crippen LogP contribution in [0.25, 0.3) is 10.4 Å². The topological polar surface area (TPSA) is 72.8 Å². The van der Waals surface area contributed by atoms with Crippen LogP contribution in [0.5, 0.6) is 0 Å². The molecule has 2 aromatic carbocycles. The summed E-state index contributed by atoms with van der Waals surface area (Å²) in [5.41, 5.74) is 3.19. The van der Waals surface area contributed by atoms with Gasteiger partial charge in [-0.05, 0) is 118 Å². The number of likely N-dealkylation sites (N-methyl/N-ethyl adjacent to an activating group) is 1. The highest BCUT2D eigenvalue weighted by Crippen LogP contribution is 2.40. The Morgan fingerprint density at radius 3 is 2.43 bits per heavy atom. The van der Waals surface area contributed by atoms with E-state index in [9.17, 15) is 23.1 Å². The first kappa shape index (κ1) is 32.5.